The number of benzene rings is 2. The third-order valence-electron chi connectivity index (χ3n) is 4.85. The first kappa shape index (κ1) is 18.0. The topological polar surface area (TPSA) is 32.3 Å². The van der Waals surface area contributed by atoms with E-state index in [4.69, 9.17) is 0 Å². The van der Waals surface area contributed by atoms with Crippen molar-refractivity contribution in [3.63, 3.8) is 0 Å². The highest BCUT2D eigenvalue weighted by atomic mass is 32.2. The van der Waals surface area contributed by atoms with Crippen molar-refractivity contribution in [2.24, 2.45) is 0 Å². The van der Waals surface area contributed by atoms with Crippen LogP contribution in [0.15, 0.2) is 52.3 Å². The lowest BCUT2D eigenvalue weighted by Gasteiger charge is -2.30. The van der Waals surface area contributed by atoms with Crippen LogP contribution < -0.4 is 5.32 Å². The van der Waals surface area contributed by atoms with Crippen LogP contribution in [0.1, 0.15) is 43.0 Å². The molecule has 25 heavy (non-hydrogen) atoms. The summed E-state index contributed by atoms with van der Waals surface area (Å²) in [5.41, 5.74) is 3.67. The molecule has 0 aliphatic carbocycles. The van der Waals surface area contributed by atoms with E-state index in [2.05, 4.69) is 73.5 Å². The van der Waals surface area contributed by atoms with Crippen LogP contribution in [0.4, 0.5) is 0 Å². The van der Waals surface area contributed by atoms with Gasteiger partial charge in [0.05, 0.1) is 6.04 Å². The molecule has 1 atom stereocenters. The fraction of sp³-hybridized carbons (Fsp3) is 0.381. The van der Waals surface area contributed by atoms with E-state index < -0.39 is 0 Å². The summed E-state index contributed by atoms with van der Waals surface area (Å²) in [4.78, 5) is 17.4. The monoisotopic (exact) mass is 354 g/mol. The minimum atomic E-state index is -0.0587. The molecule has 1 unspecified atom stereocenters. The van der Waals surface area contributed by atoms with Crippen LogP contribution in [0.3, 0.4) is 0 Å². The Bertz CT molecular complexity index is 755. The SMILES string of the molecule is CCN(CC)CCC(=O)NC1c2ccccc2Sc2c(C)cccc21. The van der Waals surface area contributed by atoms with Crippen molar-refractivity contribution < 1.29 is 4.79 Å². The molecule has 3 rings (SSSR count). The molecule has 132 valence electrons. The number of nitrogens with zero attached hydrogens (tertiary/aromatic N) is 1. The van der Waals surface area contributed by atoms with Crippen LogP contribution in [0.5, 0.6) is 0 Å². The molecule has 1 amide bonds. The molecule has 2 aromatic carbocycles. The molecule has 4 heteroatoms. The van der Waals surface area contributed by atoms with E-state index in [9.17, 15) is 4.79 Å². The van der Waals surface area contributed by atoms with E-state index in [1.54, 1.807) is 11.8 Å². The number of carbonyl (C=O) groups excluding carboxylic acids is 1. The highest BCUT2D eigenvalue weighted by Crippen LogP contribution is 2.45. The van der Waals surface area contributed by atoms with Crippen LogP contribution >= 0.6 is 11.8 Å². The number of carbonyl (C=O) groups is 1. The normalized spacial score (nSPS) is 15.6. The van der Waals surface area contributed by atoms with Gasteiger partial charge in [0.1, 0.15) is 0 Å². The summed E-state index contributed by atoms with van der Waals surface area (Å²) in [5, 5.41) is 3.28. The molecule has 0 bridgehead atoms. The van der Waals surface area contributed by atoms with Crippen molar-refractivity contribution in [1.82, 2.24) is 10.2 Å². The van der Waals surface area contributed by atoms with E-state index in [1.807, 2.05) is 0 Å². The molecule has 1 heterocycles. The zero-order valence-electron chi connectivity index (χ0n) is 15.2. The smallest absolute Gasteiger partial charge is 0.222 e. The molecule has 0 saturated carbocycles. The van der Waals surface area contributed by atoms with Gasteiger partial charge in [0, 0.05) is 22.8 Å². The summed E-state index contributed by atoms with van der Waals surface area (Å²) in [6, 6.07) is 14.7. The largest absolute Gasteiger partial charge is 0.345 e. The second kappa shape index (κ2) is 8.07. The summed E-state index contributed by atoms with van der Waals surface area (Å²) in [6.45, 7) is 9.18. The van der Waals surface area contributed by atoms with Crippen molar-refractivity contribution in [3.05, 3.63) is 59.2 Å². The molecule has 3 nitrogen and oxygen atoms in total. The lowest BCUT2D eigenvalue weighted by molar-refractivity contribution is -0.121. The number of hydrogen-bond acceptors (Lipinski definition) is 3. The number of rotatable bonds is 6. The Morgan fingerprint density at radius 1 is 1.08 bits per heavy atom. The summed E-state index contributed by atoms with van der Waals surface area (Å²) < 4.78 is 0. The lowest BCUT2D eigenvalue weighted by atomic mass is 9.96. The molecule has 1 aliphatic rings. The Labute approximate surface area is 154 Å². The van der Waals surface area contributed by atoms with Crippen molar-refractivity contribution in [2.45, 2.75) is 43.0 Å². The van der Waals surface area contributed by atoms with Gasteiger partial charge in [-0.1, -0.05) is 62.0 Å². The van der Waals surface area contributed by atoms with Gasteiger partial charge in [-0.15, -0.1) is 0 Å². The summed E-state index contributed by atoms with van der Waals surface area (Å²) in [5.74, 6) is 0.117. The fourth-order valence-electron chi connectivity index (χ4n) is 3.32. The van der Waals surface area contributed by atoms with E-state index in [-0.39, 0.29) is 11.9 Å². The van der Waals surface area contributed by atoms with Crippen molar-refractivity contribution in [2.75, 3.05) is 19.6 Å². The van der Waals surface area contributed by atoms with Gasteiger partial charge >= 0.3 is 0 Å². The molecule has 1 aliphatic heterocycles. The van der Waals surface area contributed by atoms with Gasteiger partial charge < -0.3 is 10.2 Å². The minimum Gasteiger partial charge on any atom is -0.345 e. The number of fused-ring (bicyclic) bond motifs is 2. The third-order valence-corrected chi connectivity index (χ3v) is 6.20. The molecule has 0 spiro atoms. The van der Waals surface area contributed by atoms with Crippen LogP contribution in [0.25, 0.3) is 0 Å². The maximum absolute atomic E-state index is 12.6. The van der Waals surface area contributed by atoms with E-state index >= 15 is 0 Å². The van der Waals surface area contributed by atoms with E-state index in [1.165, 1.54) is 26.5 Å². The predicted molar refractivity (Wildman–Crippen MR) is 104 cm³/mol. The average molecular weight is 355 g/mol. The molecule has 2 aromatic rings. The zero-order valence-corrected chi connectivity index (χ0v) is 16.0. The first-order valence-corrected chi connectivity index (χ1v) is 9.83. The van der Waals surface area contributed by atoms with Crippen LogP contribution in [-0.4, -0.2) is 30.4 Å². The van der Waals surface area contributed by atoms with E-state index in [0.717, 1.165) is 19.6 Å². The third kappa shape index (κ3) is 3.91. The first-order valence-electron chi connectivity index (χ1n) is 9.02. The molecular formula is C21H26N2OS. The molecule has 1 N–H and O–H groups in total. The second-order valence-electron chi connectivity index (χ2n) is 6.41. The number of nitrogens with one attached hydrogen (secondary N) is 1. The average Bonchev–Trinajstić information content (AvgIpc) is 2.63. The summed E-state index contributed by atoms with van der Waals surface area (Å²) in [7, 11) is 0. The highest BCUT2D eigenvalue weighted by molar-refractivity contribution is 7.99. The number of amides is 1. The van der Waals surface area contributed by atoms with Gasteiger partial charge in [-0.3, -0.25) is 4.79 Å². The second-order valence-corrected chi connectivity index (χ2v) is 7.46. The van der Waals surface area contributed by atoms with Gasteiger partial charge in [0.25, 0.3) is 0 Å². The number of hydrogen-bond donors (Lipinski definition) is 1. The molecule has 0 fully saturated rings. The highest BCUT2D eigenvalue weighted by Gasteiger charge is 2.28. The van der Waals surface area contributed by atoms with Gasteiger partial charge in [-0.25, -0.2) is 0 Å². The Balaban J connectivity index is 1.83. The standard InChI is InChI=1S/C21H26N2OS/c1-4-23(5-2)14-13-19(24)22-20-16-10-6-7-12-18(16)25-21-15(3)9-8-11-17(20)21/h6-12,20H,4-5,13-14H2,1-3H3,(H,22,24). The van der Waals surface area contributed by atoms with Gasteiger partial charge in [0.15, 0.2) is 0 Å². The Kier molecular flexibility index (Phi) is 5.82. The maximum atomic E-state index is 12.6. The quantitative estimate of drug-likeness (QED) is 0.835. The van der Waals surface area contributed by atoms with Crippen molar-refractivity contribution in [3.8, 4) is 0 Å². The predicted octanol–water partition coefficient (Wildman–Crippen LogP) is 4.40. The molecule has 0 aromatic heterocycles. The molecule has 0 radical (unpaired) electrons. The van der Waals surface area contributed by atoms with Crippen LogP contribution in [-0.2, 0) is 4.79 Å². The van der Waals surface area contributed by atoms with Gasteiger partial charge in [0.2, 0.25) is 5.91 Å². The zero-order chi connectivity index (χ0) is 17.8. The van der Waals surface area contributed by atoms with Crippen LogP contribution in [0.2, 0.25) is 0 Å². The molecule has 0 saturated heterocycles. The number of aryl methyl sites for hydroxylation is 1. The Hall–Kier alpha value is -1.78. The Morgan fingerprint density at radius 3 is 2.56 bits per heavy atom. The minimum absolute atomic E-state index is 0.0587. The maximum Gasteiger partial charge on any atom is 0.222 e. The van der Waals surface area contributed by atoms with Gasteiger partial charge in [-0.2, -0.15) is 0 Å². The van der Waals surface area contributed by atoms with Crippen molar-refractivity contribution >= 4 is 17.7 Å². The van der Waals surface area contributed by atoms with Crippen molar-refractivity contribution in [1.29, 1.82) is 0 Å². The summed E-state index contributed by atoms with van der Waals surface area (Å²) >= 11 is 1.81. The molecular weight excluding hydrogens is 328 g/mol. The lowest BCUT2D eigenvalue weighted by Crippen LogP contribution is -2.34. The summed E-state index contributed by atoms with van der Waals surface area (Å²) in [6.07, 6.45) is 0.536. The fourth-order valence-corrected chi connectivity index (χ4v) is 4.52. The Morgan fingerprint density at radius 2 is 1.80 bits per heavy atom. The van der Waals surface area contributed by atoms with Crippen LogP contribution in [0, 0.1) is 6.92 Å². The van der Waals surface area contributed by atoms with E-state index in [0.29, 0.717) is 6.42 Å². The van der Waals surface area contributed by atoms with Gasteiger partial charge in [-0.05, 0) is 42.8 Å². The first-order chi connectivity index (χ1) is 12.1.